The third-order valence-electron chi connectivity index (χ3n) is 1.97. The molecule has 2 aromatic rings. The Morgan fingerprint density at radius 3 is 2.25 bits per heavy atom. The monoisotopic (exact) mass is 315 g/mol. The van der Waals surface area contributed by atoms with Crippen LogP contribution in [-0.2, 0) is 5.75 Å². The van der Waals surface area contributed by atoms with E-state index < -0.39 is 0 Å². The van der Waals surface area contributed by atoms with Crippen LogP contribution >= 0.6 is 40.1 Å². The standard InChI is InChI=1S/C12H10BrNS.ClH/c13-11-1-3-12(4-2-11)15-9-10-5-7-14-8-6-10;/h1-8H,9H2;1H. The van der Waals surface area contributed by atoms with Gasteiger partial charge in [-0.2, -0.15) is 0 Å². The first kappa shape index (κ1) is 13.6. The molecule has 1 nitrogen and oxygen atoms in total. The molecule has 1 aromatic heterocycles. The number of aromatic nitrogens is 1. The van der Waals surface area contributed by atoms with E-state index in [4.69, 9.17) is 0 Å². The second-order valence-corrected chi connectivity index (χ2v) is 5.06. The van der Waals surface area contributed by atoms with Gasteiger partial charge < -0.3 is 0 Å². The van der Waals surface area contributed by atoms with E-state index in [9.17, 15) is 0 Å². The number of thioether (sulfide) groups is 1. The average molecular weight is 317 g/mol. The molecule has 0 aliphatic carbocycles. The summed E-state index contributed by atoms with van der Waals surface area (Å²) in [7, 11) is 0. The van der Waals surface area contributed by atoms with E-state index >= 15 is 0 Å². The lowest BCUT2D eigenvalue weighted by Gasteiger charge is -2.01. The largest absolute Gasteiger partial charge is 0.265 e. The van der Waals surface area contributed by atoms with Crippen molar-refractivity contribution in [2.24, 2.45) is 0 Å². The Morgan fingerprint density at radius 2 is 1.62 bits per heavy atom. The molecular formula is C12H11BrClNS. The topological polar surface area (TPSA) is 12.9 Å². The Balaban J connectivity index is 0.00000128. The highest BCUT2D eigenvalue weighted by Gasteiger charge is 1.95. The summed E-state index contributed by atoms with van der Waals surface area (Å²) in [6.45, 7) is 0. The lowest BCUT2D eigenvalue weighted by Crippen LogP contribution is -1.80. The van der Waals surface area contributed by atoms with Crippen molar-refractivity contribution >= 4 is 40.1 Å². The van der Waals surface area contributed by atoms with Crippen molar-refractivity contribution in [2.75, 3.05) is 0 Å². The summed E-state index contributed by atoms with van der Waals surface area (Å²) in [5, 5.41) is 0. The number of hydrogen-bond acceptors (Lipinski definition) is 2. The molecule has 0 radical (unpaired) electrons. The lowest BCUT2D eigenvalue weighted by molar-refractivity contribution is 1.27. The van der Waals surface area contributed by atoms with Gasteiger partial charge in [0, 0.05) is 27.5 Å². The summed E-state index contributed by atoms with van der Waals surface area (Å²) in [5.41, 5.74) is 1.30. The van der Waals surface area contributed by atoms with Gasteiger partial charge in [-0.25, -0.2) is 0 Å². The van der Waals surface area contributed by atoms with E-state index in [2.05, 4.69) is 45.2 Å². The van der Waals surface area contributed by atoms with Crippen LogP contribution in [0.1, 0.15) is 5.56 Å². The number of halogens is 2. The second kappa shape index (κ2) is 6.94. The summed E-state index contributed by atoms with van der Waals surface area (Å²) >= 11 is 5.26. The van der Waals surface area contributed by atoms with Gasteiger partial charge in [0.15, 0.2) is 0 Å². The van der Waals surface area contributed by atoms with E-state index in [-0.39, 0.29) is 12.4 Å². The minimum absolute atomic E-state index is 0. The molecule has 0 aliphatic heterocycles. The molecule has 0 aliphatic rings. The average Bonchev–Trinajstić information content (AvgIpc) is 2.30. The molecule has 84 valence electrons. The highest BCUT2D eigenvalue weighted by Crippen LogP contribution is 2.23. The predicted molar refractivity (Wildman–Crippen MR) is 75.2 cm³/mol. The van der Waals surface area contributed by atoms with Crippen LogP contribution in [-0.4, -0.2) is 4.98 Å². The third-order valence-corrected chi connectivity index (χ3v) is 3.58. The molecule has 2 rings (SSSR count). The zero-order chi connectivity index (χ0) is 10.5. The molecular weight excluding hydrogens is 306 g/mol. The zero-order valence-corrected chi connectivity index (χ0v) is 11.7. The molecule has 0 saturated heterocycles. The van der Waals surface area contributed by atoms with E-state index in [1.807, 2.05) is 36.3 Å². The van der Waals surface area contributed by atoms with Crippen LogP contribution < -0.4 is 0 Å². The van der Waals surface area contributed by atoms with Crippen LogP contribution in [0.25, 0.3) is 0 Å². The maximum Gasteiger partial charge on any atom is 0.0270 e. The fourth-order valence-corrected chi connectivity index (χ4v) is 2.30. The molecule has 1 aromatic carbocycles. The van der Waals surface area contributed by atoms with Crippen LogP contribution in [0, 0.1) is 0 Å². The minimum Gasteiger partial charge on any atom is -0.265 e. The van der Waals surface area contributed by atoms with Gasteiger partial charge in [0.2, 0.25) is 0 Å². The summed E-state index contributed by atoms with van der Waals surface area (Å²) in [5.74, 6) is 0.990. The highest BCUT2D eigenvalue weighted by atomic mass is 79.9. The van der Waals surface area contributed by atoms with Gasteiger partial charge in [-0.1, -0.05) is 15.9 Å². The fourth-order valence-electron chi connectivity index (χ4n) is 1.18. The summed E-state index contributed by atoms with van der Waals surface area (Å²) in [6.07, 6.45) is 3.66. The van der Waals surface area contributed by atoms with E-state index in [1.54, 1.807) is 0 Å². The first-order chi connectivity index (χ1) is 7.34. The lowest BCUT2D eigenvalue weighted by atomic mass is 10.3. The first-order valence-corrected chi connectivity index (χ1v) is 6.40. The molecule has 0 amide bonds. The number of pyridine rings is 1. The van der Waals surface area contributed by atoms with Crippen LogP contribution in [0.2, 0.25) is 0 Å². The second-order valence-electron chi connectivity index (χ2n) is 3.10. The Bertz CT molecular complexity index is 419. The van der Waals surface area contributed by atoms with Gasteiger partial charge in [0.1, 0.15) is 0 Å². The molecule has 0 spiro atoms. The molecule has 0 saturated carbocycles. The van der Waals surface area contributed by atoms with Gasteiger partial charge in [0.25, 0.3) is 0 Å². The number of rotatable bonds is 3. The predicted octanol–water partition coefficient (Wildman–Crippen LogP) is 4.56. The van der Waals surface area contributed by atoms with Gasteiger partial charge in [0.05, 0.1) is 0 Å². The Hall–Kier alpha value is -0.510. The molecule has 4 heteroatoms. The van der Waals surface area contributed by atoms with Crippen molar-refractivity contribution in [3.05, 3.63) is 58.8 Å². The van der Waals surface area contributed by atoms with Crippen molar-refractivity contribution in [1.82, 2.24) is 4.98 Å². The molecule has 0 atom stereocenters. The number of hydrogen-bond donors (Lipinski definition) is 0. The van der Waals surface area contributed by atoms with Crippen molar-refractivity contribution in [1.29, 1.82) is 0 Å². The normalized spacial score (nSPS) is 9.56. The Kier molecular flexibility index (Phi) is 5.88. The van der Waals surface area contributed by atoms with Gasteiger partial charge in [-0.3, -0.25) is 4.98 Å². The Labute approximate surface area is 114 Å². The number of nitrogens with zero attached hydrogens (tertiary/aromatic N) is 1. The molecule has 0 N–H and O–H groups in total. The van der Waals surface area contributed by atoms with Crippen LogP contribution in [0.3, 0.4) is 0 Å². The third kappa shape index (κ3) is 4.16. The summed E-state index contributed by atoms with van der Waals surface area (Å²) in [4.78, 5) is 5.28. The summed E-state index contributed by atoms with van der Waals surface area (Å²) < 4.78 is 1.12. The smallest absolute Gasteiger partial charge is 0.0270 e. The first-order valence-electron chi connectivity index (χ1n) is 4.62. The maximum atomic E-state index is 4.00. The zero-order valence-electron chi connectivity index (χ0n) is 8.47. The maximum absolute atomic E-state index is 4.00. The van der Waals surface area contributed by atoms with E-state index in [0.29, 0.717) is 0 Å². The summed E-state index contributed by atoms with van der Waals surface area (Å²) in [6, 6.07) is 12.5. The van der Waals surface area contributed by atoms with Gasteiger partial charge >= 0.3 is 0 Å². The van der Waals surface area contributed by atoms with Crippen molar-refractivity contribution in [3.8, 4) is 0 Å². The van der Waals surface area contributed by atoms with Crippen LogP contribution in [0.5, 0.6) is 0 Å². The SMILES string of the molecule is Brc1ccc(SCc2ccncc2)cc1.Cl. The quantitative estimate of drug-likeness (QED) is 0.770. The molecule has 0 bridgehead atoms. The van der Waals surface area contributed by atoms with Crippen LogP contribution in [0.15, 0.2) is 58.2 Å². The van der Waals surface area contributed by atoms with Crippen molar-refractivity contribution in [3.63, 3.8) is 0 Å². The van der Waals surface area contributed by atoms with E-state index in [1.165, 1.54) is 10.5 Å². The van der Waals surface area contributed by atoms with E-state index in [0.717, 1.165) is 10.2 Å². The molecule has 0 unspecified atom stereocenters. The number of benzene rings is 1. The van der Waals surface area contributed by atoms with Crippen molar-refractivity contribution in [2.45, 2.75) is 10.6 Å². The molecule has 16 heavy (non-hydrogen) atoms. The molecule has 1 heterocycles. The fraction of sp³-hybridized carbons (Fsp3) is 0.0833. The Morgan fingerprint density at radius 1 is 1.00 bits per heavy atom. The van der Waals surface area contributed by atoms with Crippen molar-refractivity contribution < 1.29 is 0 Å². The van der Waals surface area contributed by atoms with Crippen LogP contribution in [0.4, 0.5) is 0 Å². The molecule has 0 fully saturated rings. The van der Waals surface area contributed by atoms with Gasteiger partial charge in [-0.15, -0.1) is 24.2 Å². The minimum atomic E-state index is 0. The van der Waals surface area contributed by atoms with Gasteiger partial charge in [-0.05, 0) is 42.0 Å². The highest BCUT2D eigenvalue weighted by molar-refractivity contribution is 9.10.